The Bertz CT molecular complexity index is 714. The molecule has 2 aromatic carbocycles. The van der Waals surface area contributed by atoms with E-state index in [2.05, 4.69) is 4.90 Å². The number of carbonyl (C=O) groups excluding carboxylic acids is 1. The maximum atomic E-state index is 12.6. The highest BCUT2D eigenvalue weighted by Gasteiger charge is 2.49. The average Bonchev–Trinajstić information content (AvgIpc) is 2.59. The number of carboxylic acids is 1. The molecule has 1 fully saturated rings. The van der Waals surface area contributed by atoms with Gasteiger partial charge in [-0.05, 0) is 17.5 Å². The molecule has 24 heavy (non-hydrogen) atoms. The third kappa shape index (κ3) is 3.39. The van der Waals surface area contributed by atoms with Gasteiger partial charge in [-0.1, -0.05) is 60.7 Å². The van der Waals surface area contributed by atoms with Crippen LogP contribution in [0.5, 0.6) is 0 Å². The van der Waals surface area contributed by atoms with Crippen LogP contribution in [0.1, 0.15) is 17.5 Å². The molecule has 1 aliphatic heterocycles. The predicted molar refractivity (Wildman–Crippen MR) is 91.6 cm³/mol. The molecule has 2 aromatic rings. The number of hydrogen-bond donors (Lipinski definition) is 1. The van der Waals surface area contributed by atoms with Gasteiger partial charge in [0.05, 0.1) is 0 Å². The van der Waals surface area contributed by atoms with E-state index in [1.165, 1.54) is 0 Å². The third-order valence-electron chi connectivity index (χ3n) is 4.69. The summed E-state index contributed by atoms with van der Waals surface area (Å²) < 4.78 is 0. The number of carbonyl (C=O) groups is 2. The van der Waals surface area contributed by atoms with E-state index in [0.717, 1.165) is 11.1 Å². The molecule has 0 radical (unpaired) electrons. The lowest BCUT2D eigenvalue weighted by Crippen LogP contribution is -2.54. The molecule has 1 saturated heterocycles. The Hall–Kier alpha value is -2.46. The van der Waals surface area contributed by atoms with Gasteiger partial charge in [0.2, 0.25) is 0 Å². The van der Waals surface area contributed by atoms with E-state index in [4.69, 9.17) is 0 Å². The Kier molecular flexibility index (Phi) is 4.76. The zero-order valence-corrected chi connectivity index (χ0v) is 13.5. The highest BCUT2D eigenvalue weighted by molar-refractivity contribution is 6.04. The number of aliphatic carboxylic acids is 1. The van der Waals surface area contributed by atoms with E-state index in [1.807, 2.05) is 60.7 Å². The van der Waals surface area contributed by atoms with E-state index in [1.54, 1.807) is 0 Å². The molecular weight excluding hydrogens is 302 g/mol. The fourth-order valence-corrected chi connectivity index (χ4v) is 3.39. The molecule has 4 heteroatoms. The van der Waals surface area contributed by atoms with Gasteiger partial charge in [0, 0.05) is 26.1 Å². The Morgan fingerprint density at radius 2 is 1.58 bits per heavy atom. The van der Waals surface area contributed by atoms with Gasteiger partial charge in [-0.15, -0.1) is 0 Å². The van der Waals surface area contributed by atoms with Crippen molar-refractivity contribution in [3.8, 4) is 0 Å². The summed E-state index contributed by atoms with van der Waals surface area (Å²) in [6, 6.07) is 19.4. The van der Waals surface area contributed by atoms with Gasteiger partial charge in [0.15, 0.2) is 5.78 Å². The molecule has 1 aliphatic rings. The second-order valence-electron chi connectivity index (χ2n) is 6.42. The van der Waals surface area contributed by atoms with Crippen molar-refractivity contribution in [2.75, 3.05) is 13.1 Å². The lowest BCUT2D eigenvalue weighted by Gasteiger charge is -2.38. The molecule has 4 nitrogen and oxygen atoms in total. The first kappa shape index (κ1) is 16.4. The normalized spacial score (nSPS) is 21.6. The molecule has 1 atom stereocenters. The van der Waals surface area contributed by atoms with Crippen LogP contribution in [0.2, 0.25) is 0 Å². The Morgan fingerprint density at radius 1 is 1.00 bits per heavy atom. The van der Waals surface area contributed by atoms with Crippen LogP contribution >= 0.6 is 0 Å². The van der Waals surface area contributed by atoms with Crippen LogP contribution < -0.4 is 0 Å². The summed E-state index contributed by atoms with van der Waals surface area (Å²) in [5.74, 6) is -1.18. The van der Waals surface area contributed by atoms with Crippen LogP contribution in [0.3, 0.4) is 0 Å². The minimum absolute atomic E-state index is 0.164. The van der Waals surface area contributed by atoms with Gasteiger partial charge in [0.25, 0.3) is 0 Å². The monoisotopic (exact) mass is 323 g/mol. The number of likely N-dealkylation sites (tertiary alicyclic amines) is 1. The van der Waals surface area contributed by atoms with E-state index < -0.39 is 11.4 Å². The Labute approximate surface area is 141 Å². The van der Waals surface area contributed by atoms with Crippen molar-refractivity contribution in [2.24, 2.45) is 5.41 Å². The van der Waals surface area contributed by atoms with Crippen LogP contribution in [0.4, 0.5) is 0 Å². The summed E-state index contributed by atoms with van der Waals surface area (Å²) in [6.07, 6.45) is 0.527. The lowest BCUT2D eigenvalue weighted by molar-refractivity contribution is -0.159. The van der Waals surface area contributed by atoms with Gasteiger partial charge >= 0.3 is 5.97 Å². The zero-order chi connectivity index (χ0) is 17.0. The summed E-state index contributed by atoms with van der Waals surface area (Å²) in [5.41, 5.74) is 0.662. The van der Waals surface area contributed by atoms with Crippen molar-refractivity contribution in [1.29, 1.82) is 0 Å². The molecule has 0 aliphatic carbocycles. The fourth-order valence-electron chi connectivity index (χ4n) is 3.39. The van der Waals surface area contributed by atoms with Crippen LogP contribution in [-0.4, -0.2) is 34.8 Å². The van der Waals surface area contributed by atoms with Crippen LogP contribution in [0.15, 0.2) is 60.7 Å². The van der Waals surface area contributed by atoms with Crippen molar-refractivity contribution in [3.05, 3.63) is 71.8 Å². The highest BCUT2D eigenvalue weighted by atomic mass is 16.4. The zero-order valence-electron chi connectivity index (χ0n) is 13.5. The van der Waals surface area contributed by atoms with Gasteiger partial charge in [-0.2, -0.15) is 0 Å². The fraction of sp³-hybridized carbons (Fsp3) is 0.300. The van der Waals surface area contributed by atoms with E-state index in [0.29, 0.717) is 13.1 Å². The standard InChI is InChI=1S/C20H21NO3/c22-18-11-12-21(14-17-9-5-2-6-10-17)15-20(18,19(23)24)13-16-7-3-1-4-8-16/h1-10H,11-15H2,(H,23,24). The molecule has 3 rings (SSSR count). The van der Waals surface area contributed by atoms with Crippen molar-refractivity contribution in [1.82, 2.24) is 4.90 Å². The SMILES string of the molecule is O=C(O)C1(Cc2ccccc2)CN(Cc2ccccc2)CCC1=O. The molecular formula is C20H21NO3. The molecule has 1 unspecified atom stereocenters. The van der Waals surface area contributed by atoms with Gasteiger partial charge in [-0.25, -0.2) is 0 Å². The second-order valence-corrected chi connectivity index (χ2v) is 6.42. The minimum atomic E-state index is -1.35. The Morgan fingerprint density at radius 3 is 2.17 bits per heavy atom. The van der Waals surface area contributed by atoms with Gasteiger partial charge in [0.1, 0.15) is 5.41 Å². The van der Waals surface area contributed by atoms with Crippen LogP contribution in [0.25, 0.3) is 0 Å². The first-order chi connectivity index (χ1) is 11.6. The summed E-state index contributed by atoms with van der Waals surface area (Å²) in [6.45, 7) is 1.53. The molecule has 124 valence electrons. The topological polar surface area (TPSA) is 57.6 Å². The minimum Gasteiger partial charge on any atom is -0.480 e. The number of benzene rings is 2. The summed E-state index contributed by atoms with van der Waals surface area (Å²) in [5, 5.41) is 9.86. The first-order valence-corrected chi connectivity index (χ1v) is 8.17. The molecule has 0 bridgehead atoms. The summed E-state index contributed by atoms with van der Waals surface area (Å²) in [4.78, 5) is 26.7. The number of rotatable bonds is 5. The maximum Gasteiger partial charge on any atom is 0.318 e. The van der Waals surface area contributed by atoms with Gasteiger partial charge in [-0.3, -0.25) is 14.5 Å². The third-order valence-corrected chi connectivity index (χ3v) is 4.69. The number of hydrogen-bond acceptors (Lipinski definition) is 3. The summed E-state index contributed by atoms with van der Waals surface area (Å²) >= 11 is 0. The van der Waals surface area contributed by atoms with Crippen LogP contribution in [0, 0.1) is 5.41 Å². The average molecular weight is 323 g/mol. The lowest BCUT2D eigenvalue weighted by atomic mass is 9.74. The number of ketones is 1. The van der Waals surface area contributed by atoms with Crippen molar-refractivity contribution in [2.45, 2.75) is 19.4 Å². The molecule has 0 spiro atoms. The van der Waals surface area contributed by atoms with E-state index in [9.17, 15) is 14.7 Å². The molecule has 0 amide bonds. The molecule has 1 N–H and O–H groups in total. The first-order valence-electron chi connectivity index (χ1n) is 8.17. The Balaban J connectivity index is 1.83. The summed E-state index contributed by atoms with van der Waals surface area (Å²) in [7, 11) is 0. The smallest absolute Gasteiger partial charge is 0.318 e. The number of carboxylic acid groups (broad SMARTS) is 1. The number of nitrogens with zero attached hydrogens (tertiary/aromatic N) is 1. The molecule has 1 heterocycles. The van der Waals surface area contributed by atoms with Crippen molar-refractivity contribution < 1.29 is 14.7 Å². The van der Waals surface area contributed by atoms with Crippen LogP contribution in [-0.2, 0) is 22.6 Å². The van der Waals surface area contributed by atoms with Gasteiger partial charge < -0.3 is 5.11 Å². The van der Waals surface area contributed by atoms with Crippen molar-refractivity contribution >= 4 is 11.8 Å². The maximum absolute atomic E-state index is 12.6. The number of piperidine rings is 1. The molecule has 0 saturated carbocycles. The highest BCUT2D eigenvalue weighted by Crippen LogP contribution is 2.32. The van der Waals surface area contributed by atoms with Crippen molar-refractivity contribution in [3.63, 3.8) is 0 Å². The van der Waals surface area contributed by atoms with E-state index in [-0.39, 0.29) is 25.2 Å². The molecule has 0 aromatic heterocycles. The predicted octanol–water partition coefficient (Wildman–Crippen LogP) is 2.78. The quantitative estimate of drug-likeness (QED) is 0.860. The van der Waals surface area contributed by atoms with E-state index >= 15 is 0 Å². The largest absolute Gasteiger partial charge is 0.480 e. The number of Topliss-reactive ketones (excluding diaryl/α,β-unsaturated/α-hetero) is 1. The second kappa shape index (κ2) is 6.97.